The van der Waals surface area contributed by atoms with Gasteiger partial charge in [-0.15, -0.1) is 5.10 Å². The van der Waals surface area contributed by atoms with E-state index in [0.29, 0.717) is 6.61 Å². The van der Waals surface area contributed by atoms with Crippen LogP contribution in [-0.4, -0.2) is 66.0 Å². The zero-order valence-electron chi connectivity index (χ0n) is 11.7. The van der Waals surface area contributed by atoms with Gasteiger partial charge in [0.15, 0.2) is 0 Å². The van der Waals surface area contributed by atoms with Gasteiger partial charge in [-0.25, -0.2) is 4.68 Å². The van der Waals surface area contributed by atoms with Crippen molar-refractivity contribution in [2.24, 2.45) is 0 Å². The van der Waals surface area contributed by atoms with Gasteiger partial charge in [-0.1, -0.05) is 18.7 Å². The molecular formula is C11H23N5O2S. The standard InChI is InChI=1S/C11H23N5O2S/c1-3-7-18-9-10-19-11-13-14-15-16(11)6-4-12-5-8-17-2/h12H,3-10H2,1-2H3. The zero-order valence-corrected chi connectivity index (χ0v) is 12.5. The van der Waals surface area contributed by atoms with Crippen molar-refractivity contribution in [1.82, 2.24) is 25.5 Å². The maximum atomic E-state index is 5.42. The molecule has 0 aliphatic rings. The number of nitrogens with zero attached hydrogens (tertiary/aromatic N) is 4. The first-order valence-electron chi connectivity index (χ1n) is 6.54. The highest BCUT2D eigenvalue weighted by atomic mass is 32.2. The van der Waals surface area contributed by atoms with Gasteiger partial charge in [0, 0.05) is 32.6 Å². The van der Waals surface area contributed by atoms with Crippen LogP contribution in [0.5, 0.6) is 0 Å². The fourth-order valence-corrected chi connectivity index (χ4v) is 2.12. The lowest BCUT2D eigenvalue weighted by atomic mass is 10.5. The van der Waals surface area contributed by atoms with Crippen LogP contribution in [0.15, 0.2) is 5.16 Å². The Labute approximate surface area is 118 Å². The van der Waals surface area contributed by atoms with Gasteiger partial charge in [0.05, 0.1) is 19.8 Å². The summed E-state index contributed by atoms with van der Waals surface area (Å²) in [6.45, 7) is 6.79. The number of hydrogen-bond acceptors (Lipinski definition) is 7. The summed E-state index contributed by atoms with van der Waals surface area (Å²) in [7, 11) is 1.69. The van der Waals surface area contributed by atoms with Crippen LogP contribution in [0.3, 0.4) is 0 Å². The lowest BCUT2D eigenvalue weighted by molar-refractivity contribution is 0.150. The smallest absolute Gasteiger partial charge is 0.209 e. The van der Waals surface area contributed by atoms with Crippen LogP contribution in [-0.2, 0) is 16.0 Å². The molecule has 0 aliphatic carbocycles. The second-order valence-electron chi connectivity index (χ2n) is 3.89. The maximum Gasteiger partial charge on any atom is 0.209 e. The second kappa shape index (κ2) is 11.2. The van der Waals surface area contributed by atoms with Crippen molar-refractivity contribution in [1.29, 1.82) is 0 Å². The molecule has 0 aliphatic heterocycles. The summed E-state index contributed by atoms with van der Waals surface area (Å²) in [5.74, 6) is 0.872. The number of hydrogen-bond donors (Lipinski definition) is 1. The molecule has 1 rings (SSSR count). The van der Waals surface area contributed by atoms with E-state index < -0.39 is 0 Å². The Bertz CT molecular complexity index is 295. The number of thioether (sulfide) groups is 1. The Morgan fingerprint density at radius 2 is 2.16 bits per heavy atom. The summed E-state index contributed by atoms with van der Waals surface area (Å²) in [6, 6.07) is 0. The molecule has 0 saturated carbocycles. The molecule has 110 valence electrons. The van der Waals surface area contributed by atoms with Crippen LogP contribution in [0.1, 0.15) is 13.3 Å². The predicted octanol–water partition coefficient (Wildman–Crippen LogP) is 0.428. The molecule has 1 aromatic rings. The quantitative estimate of drug-likeness (QED) is 0.442. The largest absolute Gasteiger partial charge is 0.383 e. The number of nitrogens with one attached hydrogen (secondary N) is 1. The topological polar surface area (TPSA) is 74.1 Å². The Balaban J connectivity index is 2.15. The van der Waals surface area contributed by atoms with Gasteiger partial charge < -0.3 is 14.8 Å². The average Bonchev–Trinajstić information content (AvgIpc) is 2.86. The van der Waals surface area contributed by atoms with Gasteiger partial charge in [-0.3, -0.25) is 0 Å². The fourth-order valence-electron chi connectivity index (χ4n) is 1.36. The number of tetrazole rings is 1. The van der Waals surface area contributed by atoms with Gasteiger partial charge in [-0.2, -0.15) is 0 Å². The van der Waals surface area contributed by atoms with Crippen molar-refractivity contribution in [2.75, 3.05) is 45.8 Å². The first kappa shape index (κ1) is 16.4. The normalized spacial score (nSPS) is 11.1. The third-order valence-electron chi connectivity index (χ3n) is 2.29. The molecule has 0 unspecified atom stereocenters. The molecule has 0 amide bonds. The van der Waals surface area contributed by atoms with Crippen LogP contribution in [0.2, 0.25) is 0 Å². The molecule has 1 aromatic heterocycles. The van der Waals surface area contributed by atoms with E-state index in [0.717, 1.165) is 50.2 Å². The summed E-state index contributed by atoms with van der Waals surface area (Å²) in [5, 5.41) is 15.8. The van der Waals surface area contributed by atoms with Crippen LogP contribution in [0.25, 0.3) is 0 Å². The molecule has 0 saturated heterocycles. The predicted molar refractivity (Wildman–Crippen MR) is 74.4 cm³/mol. The SMILES string of the molecule is CCCOCCSc1nnnn1CCNCCOC. The van der Waals surface area contributed by atoms with Crippen molar-refractivity contribution in [3.8, 4) is 0 Å². The summed E-state index contributed by atoms with van der Waals surface area (Å²) in [5.41, 5.74) is 0. The molecule has 0 fully saturated rings. The van der Waals surface area contributed by atoms with E-state index in [9.17, 15) is 0 Å². The van der Waals surface area contributed by atoms with Gasteiger partial charge in [-0.05, 0) is 16.8 Å². The molecule has 8 heteroatoms. The fraction of sp³-hybridized carbons (Fsp3) is 0.909. The lowest BCUT2D eigenvalue weighted by Gasteiger charge is -2.06. The molecule has 0 spiro atoms. The summed E-state index contributed by atoms with van der Waals surface area (Å²) < 4.78 is 12.2. The monoisotopic (exact) mass is 289 g/mol. The average molecular weight is 289 g/mol. The van der Waals surface area contributed by atoms with Crippen molar-refractivity contribution >= 4 is 11.8 Å². The van der Waals surface area contributed by atoms with E-state index in [1.54, 1.807) is 18.9 Å². The number of methoxy groups -OCH3 is 1. The minimum atomic E-state index is 0.714. The Kier molecular flexibility index (Phi) is 9.60. The number of aromatic nitrogens is 4. The first-order valence-corrected chi connectivity index (χ1v) is 7.53. The highest BCUT2D eigenvalue weighted by Crippen LogP contribution is 2.12. The van der Waals surface area contributed by atoms with Crippen molar-refractivity contribution < 1.29 is 9.47 Å². The van der Waals surface area contributed by atoms with Crippen molar-refractivity contribution in [3.05, 3.63) is 0 Å². The van der Waals surface area contributed by atoms with E-state index in [-0.39, 0.29) is 0 Å². The molecule has 0 atom stereocenters. The third-order valence-corrected chi connectivity index (χ3v) is 3.21. The minimum Gasteiger partial charge on any atom is -0.383 e. The van der Waals surface area contributed by atoms with E-state index in [1.165, 1.54) is 0 Å². The van der Waals surface area contributed by atoms with Crippen LogP contribution >= 0.6 is 11.8 Å². The van der Waals surface area contributed by atoms with Gasteiger partial charge in [0.2, 0.25) is 5.16 Å². The van der Waals surface area contributed by atoms with E-state index in [1.807, 2.05) is 4.68 Å². The highest BCUT2D eigenvalue weighted by molar-refractivity contribution is 7.99. The van der Waals surface area contributed by atoms with Crippen LogP contribution < -0.4 is 5.32 Å². The van der Waals surface area contributed by atoms with Gasteiger partial charge in [0.1, 0.15) is 0 Å². The molecular weight excluding hydrogens is 266 g/mol. The maximum absolute atomic E-state index is 5.42. The lowest BCUT2D eigenvalue weighted by Crippen LogP contribution is -2.24. The molecule has 1 N–H and O–H groups in total. The van der Waals surface area contributed by atoms with E-state index >= 15 is 0 Å². The first-order chi connectivity index (χ1) is 9.38. The Morgan fingerprint density at radius 3 is 2.95 bits per heavy atom. The van der Waals surface area contributed by atoms with E-state index in [2.05, 4.69) is 27.8 Å². The van der Waals surface area contributed by atoms with Crippen molar-refractivity contribution in [3.63, 3.8) is 0 Å². The summed E-state index contributed by atoms with van der Waals surface area (Å²) >= 11 is 1.62. The summed E-state index contributed by atoms with van der Waals surface area (Å²) in [4.78, 5) is 0. The minimum absolute atomic E-state index is 0.714. The van der Waals surface area contributed by atoms with Crippen LogP contribution in [0, 0.1) is 0 Å². The number of ether oxygens (including phenoxy) is 2. The number of rotatable bonds is 12. The molecule has 1 heterocycles. The molecule has 0 bridgehead atoms. The van der Waals surface area contributed by atoms with E-state index in [4.69, 9.17) is 9.47 Å². The van der Waals surface area contributed by atoms with Gasteiger partial charge in [0.25, 0.3) is 0 Å². The molecule has 7 nitrogen and oxygen atoms in total. The third kappa shape index (κ3) is 7.46. The molecule has 0 aromatic carbocycles. The zero-order chi connectivity index (χ0) is 13.8. The summed E-state index contributed by atoms with van der Waals surface area (Å²) in [6.07, 6.45) is 1.05. The highest BCUT2D eigenvalue weighted by Gasteiger charge is 2.05. The second-order valence-corrected chi connectivity index (χ2v) is 4.95. The van der Waals surface area contributed by atoms with Crippen LogP contribution in [0.4, 0.5) is 0 Å². The van der Waals surface area contributed by atoms with Gasteiger partial charge >= 0.3 is 0 Å². The Morgan fingerprint density at radius 1 is 1.26 bits per heavy atom. The molecule has 0 radical (unpaired) electrons. The molecule has 19 heavy (non-hydrogen) atoms. The van der Waals surface area contributed by atoms with Crippen molar-refractivity contribution in [2.45, 2.75) is 25.0 Å². The Hall–Kier alpha value is -0.700.